The normalized spacial score (nSPS) is 26.0. The van der Waals surface area contributed by atoms with Crippen molar-refractivity contribution in [2.75, 3.05) is 13.1 Å². The summed E-state index contributed by atoms with van der Waals surface area (Å²) in [5.74, 6) is 0. The first kappa shape index (κ1) is 12.6. The number of unbranched alkanes of at least 4 members (excludes halogenated alkanes) is 1. The highest BCUT2D eigenvalue weighted by Gasteiger charge is 2.27. The number of hydrogen-bond donors (Lipinski definition) is 1. The Morgan fingerprint density at radius 1 is 1.29 bits per heavy atom. The maximum Gasteiger partial charge on any atom is 0.0570 e. The van der Waals surface area contributed by atoms with Gasteiger partial charge in [0.1, 0.15) is 0 Å². The van der Waals surface area contributed by atoms with Gasteiger partial charge in [0.05, 0.1) is 6.10 Å². The Labute approximate surface area is 104 Å². The minimum absolute atomic E-state index is 0.127. The Morgan fingerprint density at radius 3 is 2.76 bits per heavy atom. The number of rotatable bonds is 4. The van der Waals surface area contributed by atoms with Gasteiger partial charge < -0.3 is 5.11 Å². The molecule has 1 aromatic carbocycles. The fourth-order valence-electron chi connectivity index (χ4n) is 2.65. The molecule has 0 aliphatic carbocycles. The van der Waals surface area contributed by atoms with Crippen molar-refractivity contribution in [3.63, 3.8) is 0 Å². The first-order valence-corrected chi connectivity index (χ1v) is 6.78. The van der Waals surface area contributed by atoms with Gasteiger partial charge in [0, 0.05) is 12.6 Å². The molecule has 1 aromatic rings. The Balaban J connectivity index is 2.08. The summed E-state index contributed by atoms with van der Waals surface area (Å²) in [6, 6.07) is 11.0. The Hall–Kier alpha value is -0.860. The number of aliphatic hydroxyl groups is 1. The molecule has 2 heteroatoms. The quantitative estimate of drug-likeness (QED) is 0.864. The van der Waals surface area contributed by atoms with Crippen LogP contribution in [0.5, 0.6) is 0 Å². The molecule has 17 heavy (non-hydrogen) atoms. The third-order valence-corrected chi connectivity index (χ3v) is 3.67. The van der Waals surface area contributed by atoms with Crippen molar-refractivity contribution in [1.29, 1.82) is 0 Å². The number of piperidine rings is 1. The van der Waals surface area contributed by atoms with E-state index in [4.69, 9.17) is 0 Å². The molecular weight excluding hydrogens is 210 g/mol. The zero-order valence-electron chi connectivity index (χ0n) is 10.7. The molecule has 1 fully saturated rings. The standard InChI is InChI=1S/C15H23NO/c1-2-3-10-16-11-9-14(17)12-15(16)13-7-5-4-6-8-13/h4-8,14-15,17H,2-3,9-12H2,1H3. The fraction of sp³-hybridized carbons (Fsp3) is 0.600. The second-order valence-electron chi connectivity index (χ2n) is 4.99. The van der Waals surface area contributed by atoms with Crippen molar-refractivity contribution >= 4 is 0 Å². The average Bonchev–Trinajstić information content (AvgIpc) is 2.38. The summed E-state index contributed by atoms with van der Waals surface area (Å²) in [6.45, 7) is 4.42. The van der Waals surface area contributed by atoms with Gasteiger partial charge in [-0.05, 0) is 31.4 Å². The van der Waals surface area contributed by atoms with E-state index < -0.39 is 0 Å². The highest BCUT2D eigenvalue weighted by Crippen LogP contribution is 2.31. The van der Waals surface area contributed by atoms with Gasteiger partial charge in [0.15, 0.2) is 0 Å². The van der Waals surface area contributed by atoms with Crippen LogP contribution in [-0.2, 0) is 0 Å². The van der Waals surface area contributed by atoms with E-state index in [9.17, 15) is 5.11 Å². The molecule has 1 heterocycles. The summed E-state index contributed by atoms with van der Waals surface area (Å²) < 4.78 is 0. The number of hydrogen-bond acceptors (Lipinski definition) is 2. The number of aliphatic hydroxyl groups excluding tert-OH is 1. The third kappa shape index (κ3) is 3.30. The summed E-state index contributed by atoms with van der Waals surface area (Å²) in [5.41, 5.74) is 1.35. The molecule has 1 saturated heterocycles. The van der Waals surface area contributed by atoms with E-state index in [0.29, 0.717) is 6.04 Å². The maximum absolute atomic E-state index is 9.86. The molecule has 0 aromatic heterocycles. The van der Waals surface area contributed by atoms with Gasteiger partial charge in [0.25, 0.3) is 0 Å². The summed E-state index contributed by atoms with van der Waals surface area (Å²) in [4.78, 5) is 2.53. The van der Waals surface area contributed by atoms with Crippen molar-refractivity contribution in [3.8, 4) is 0 Å². The molecule has 1 aliphatic heterocycles. The van der Waals surface area contributed by atoms with Crippen LogP contribution >= 0.6 is 0 Å². The van der Waals surface area contributed by atoms with Crippen molar-refractivity contribution in [1.82, 2.24) is 4.90 Å². The van der Waals surface area contributed by atoms with Crippen molar-refractivity contribution in [2.45, 2.75) is 44.8 Å². The lowest BCUT2D eigenvalue weighted by molar-refractivity contribution is 0.0401. The van der Waals surface area contributed by atoms with Crippen LogP contribution < -0.4 is 0 Å². The van der Waals surface area contributed by atoms with Gasteiger partial charge in [-0.1, -0.05) is 43.7 Å². The van der Waals surface area contributed by atoms with E-state index >= 15 is 0 Å². The molecule has 2 atom stereocenters. The van der Waals surface area contributed by atoms with Crippen LogP contribution in [0.1, 0.15) is 44.2 Å². The van der Waals surface area contributed by atoms with Crippen LogP contribution in [0.3, 0.4) is 0 Å². The van der Waals surface area contributed by atoms with E-state index in [1.54, 1.807) is 0 Å². The van der Waals surface area contributed by atoms with Crippen LogP contribution in [0.2, 0.25) is 0 Å². The van der Waals surface area contributed by atoms with E-state index in [2.05, 4.69) is 42.2 Å². The summed E-state index contributed by atoms with van der Waals surface area (Å²) in [7, 11) is 0. The molecule has 2 rings (SSSR count). The van der Waals surface area contributed by atoms with E-state index in [-0.39, 0.29) is 6.10 Å². The largest absolute Gasteiger partial charge is 0.393 e. The predicted molar refractivity (Wildman–Crippen MR) is 70.9 cm³/mol. The van der Waals surface area contributed by atoms with Crippen LogP contribution in [0.15, 0.2) is 30.3 Å². The van der Waals surface area contributed by atoms with Gasteiger partial charge in [0.2, 0.25) is 0 Å². The van der Waals surface area contributed by atoms with E-state index in [1.807, 2.05) is 0 Å². The summed E-state index contributed by atoms with van der Waals surface area (Å²) in [6.07, 6.45) is 4.17. The molecule has 94 valence electrons. The lowest BCUT2D eigenvalue weighted by atomic mass is 9.93. The van der Waals surface area contributed by atoms with E-state index in [0.717, 1.165) is 25.9 Å². The van der Waals surface area contributed by atoms with Crippen LogP contribution in [0.4, 0.5) is 0 Å². The number of nitrogens with zero attached hydrogens (tertiary/aromatic N) is 1. The van der Waals surface area contributed by atoms with Crippen LogP contribution in [0.25, 0.3) is 0 Å². The monoisotopic (exact) mass is 233 g/mol. The van der Waals surface area contributed by atoms with Crippen LogP contribution in [-0.4, -0.2) is 29.2 Å². The third-order valence-electron chi connectivity index (χ3n) is 3.67. The lowest BCUT2D eigenvalue weighted by Gasteiger charge is -2.38. The van der Waals surface area contributed by atoms with E-state index in [1.165, 1.54) is 18.4 Å². The molecule has 0 saturated carbocycles. The van der Waals surface area contributed by atoms with Gasteiger partial charge in [-0.25, -0.2) is 0 Å². The zero-order chi connectivity index (χ0) is 12.1. The van der Waals surface area contributed by atoms with Crippen molar-refractivity contribution in [2.24, 2.45) is 0 Å². The molecule has 0 radical (unpaired) electrons. The summed E-state index contributed by atoms with van der Waals surface area (Å²) >= 11 is 0. The van der Waals surface area contributed by atoms with Crippen molar-refractivity contribution in [3.05, 3.63) is 35.9 Å². The summed E-state index contributed by atoms with van der Waals surface area (Å²) in [5, 5.41) is 9.86. The number of benzene rings is 1. The zero-order valence-corrected chi connectivity index (χ0v) is 10.7. The fourth-order valence-corrected chi connectivity index (χ4v) is 2.65. The maximum atomic E-state index is 9.86. The average molecular weight is 233 g/mol. The Morgan fingerprint density at radius 2 is 2.06 bits per heavy atom. The van der Waals surface area contributed by atoms with Gasteiger partial charge in [-0.2, -0.15) is 0 Å². The minimum atomic E-state index is -0.127. The minimum Gasteiger partial charge on any atom is -0.393 e. The van der Waals surface area contributed by atoms with Gasteiger partial charge in [-0.15, -0.1) is 0 Å². The topological polar surface area (TPSA) is 23.5 Å². The molecular formula is C15H23NO. The molecule has 1 N–H and O–H groups in total. The second-order valence-corrected chi connectivity index (χ2v) is 4.99. The highest BCUT2D eigenvalue weighted by molar-refractivity contribution is 5.19. The first-order valence-electron chi connectivity index (χ1n) is 6.78. The Kier molecular flexibility index (Phi) is 4.57. The molecule has 0 amide bonds. The lowest BCUT2D eigenvalue weighted by Crippen LogP contribution is -2.39. The SMILES string of the molecule is CCCCN1CCC(O)CC1c1ccccc1. The number of likely N-dealkylation sites (tertiary alicyclic amines) is 1. The molecule has 2 nitrogen and oxygen atoms in total. The highest BCUT2D eigenvalue weighted by atomic mass is 16.3. The molecule has 0 spiro atoms. The molecule has 2 unspecified atom stereocenters. The predicted octanol–water partition coefficient (Wildman–Crippen LogP) is 2.98. The Bertz CT molecular complexity index is 323. The van der Waals surface area contributed by atoms with Gasteiger partial charge >= 0.3 is 0 Å². The smallest absolute Gasteiger partial charge is 0.0570 e. The van der Waals surface area contributed by atoms with Crippen LogP contribution in [0, 0.1) is 0 Å². The van der Waals surface area contributed by atoms with Crippen molar-refractivity contribution < 1.29 is 5.11 Å². The molecule has 1 aliphatic rings. The second kappa shape index (κ2) is 6.18. The molecule has 0 bridgehead atoms. The first-order chi connectivity index (χ1) is 8.31. The van der Waals surface area contributed by atoms with Gasteiger partial charge in [-0.3, -0.25) is 4.90 Å².